The quantitative estimate of drug-likeness (QED) is 0.147. The lowest BCUT2D eigenvalue weighted by Gasteiger charge is -2.45. The summed E-state index contributed by atoms with van der Waals surface area (Å²) >= 11 is 0. The summed E-state index contributed by atoms with van der Waals surface area (Å²) in [6.07, 6.45) is -1.28. The highest BCUT2D eigenvalue weighted by atomic mass is 31.2. The number of Topliss-reactive ketones (excluding diaryl/α,β-unsaturated/α-hetero) is 1. The molecule has 8 nitrogen and oxygen atoms in total. The Labute approximate surface area is 269 Å². The topological polar surface area (TPSA) is 113 Å². The fraction of sp³-hybridized carbons (Fsp3) is 0.216. The first-order chi connectivity index (χ1) is 22.1. The molecule has 9 heteroatoms. The molecule has 1 fully saturated rings. The molecule has 4 aromatic rings. The number of ketones is 1. The van der Waals surface area contributed by atoms with Gasteiger partial charge in [0.15, 0.2) is 5.78 Å². The lowest BCUT2D eigenvalue weighted by molar-refractivity contribution is -0.240. The number of hydrogen-bond acceptors (Lipinski definition) is 6. The molecule has 3 atom stereocenters. The molecule has 236 valence electrons. The molecule has 0 unspecified atom stereocenters. The summed E-state index contributed by atoms with van der Waals surface area (Å²) in [5, 5.41) is 16.9. The first-order valence-electron chi connectivity index (χ1n) is 15.2. The summed E-state index contributed by atoms with van der Waals surface area (Å²) in [6.45, 7) is 2.44. The monoisotopic (exact) mass is 636 g/mol. The van der Waals surface area contributed by atoms with Gasteiger partial charge in [-0.05, 0) is 55.7 Å². The van der Waals surface area contributed by atoms with Crippen molar-refractivity contribution < 1.29 is 29.1 Å². The van der Waals surface area contributed by atoms with Crippen LogP contribution in [0.2, 0.25) is 0 Å². The number of nitrogens with zero attached hydrogens (tertiary/aromatic N) is 1. The van der Waals surface area contributed by atoms with Gasteiger partial charge in [-0.25, -0.2) is 4.79 Å². The van der Waals surface area contributed by atoms with E-state index in [2.05, 4.69) is 5.32 Å². The third-order valence-corrected chi connectivity index (χ3v) is 11.9. The van der Waals surface area contributed by atoms with Crippen LogP contribution in [0.25, 0.3) is 0 Å². The minimum absolute atomic E-state index is 0.0773. The molecule has 0 saturated carbocycles. The third-order valence-electron chi connectivity index (χ3n) is 7.98. The molecule has 5 rings (SSSR count). The molecule has 1 aliphatic heterocycles. The molecule has 0 spiro atoms. The fourth-order valence-electron chi connectivity index (χ4n) is 5.82. The van der Waals surface area contributed by atoms with Gasteiger partial charge in [0.1, 0.15) is 0 Å². The fourth-order valence-corrected chi connectivity index (χ4v) is 9.45. The number of amides is 2. The van der Waals surface area contributed by atoms with Crippen LogP contribution in [-0.4, -0.2) is 57.7 Å². The van der Waals surface area contributed by atoms with Gasteiger partial charge in [-0.2, -0.15) is 5.06 Å². The highest BCUT2D eigenvalue weighted by Crippen LogP contribution is 2.44. The van der Waals surface area contributed by atoms with E-state index in [4.69, 9.17) is 4.84 Å². The molecule has 1 aliphatic rings. The molecular weight excluding hydrogens is 599 g/mol. The van der Waals surface area contributed by atoms with Crippen LogP contribution in [0.5, 0.6) is 0 Å². The second kappa shape index (κ2) is 14.1. The Bertz CT molecular complexity index is 1670. The number of aliphatic hydroxyl groups excluding tert-OH is 1. The lowest BCUT2D eigenvalue weighted by atomic mass is 9.81. The van der Waals surface area contributed by atoms with Gasteiger partial charge >= 0.3 is 5.97 Å². The molecule has 2 N–H and O–H groups in total. The number of carbonyl (C=O) groups is 4. The average molecular weight is 637 g/mol. The SMILES string of the molecule is CC(C)NC(=O)c1cccc(C(=O)C[C@@H]2[C@@H]([C@@H](C)O)C(=O)N2OC(=O)C=P(c2ccccc2)(c2ccccc2)c2ccccc2)c1. The van der Waals surface area contributed by atoms with Crippen molar-refractivity contribution in [2.24, 2.45) is 5.92 Å². The average Bonchev–Trinajstić information content (AvgIpc) is 3.06. The van der Waals surface area contributed by atoms with Gasteiger partial charge in [-0.15, -0.1) is 0 Å². The van der Waals surface area contributed by atoms with Crippen molar-refractivity contribution in [3.05, 3.63) is 126 Å². The Morgan fingerprint density at radius 3 is 1.78 bits per heavy atom. The van der Waals surface area contributed by atoms with Crippen LogP contribution in [0.1, 0.15) is 47.9 Å². The predicted molar refractivity (Wildman–Crippen MR) is 181 cm³/mol. The number of β-lactam (4-membered cyclic amide) rings is 1. The van der Waals surface area contributed by atoms with Gasteiger partial charge in [0.25, 0.3) is 11.8 Å². The number of nitrogens with one attached hydrogen (secondary N) is 1. The minimum atomic E-state index is -2.72. The third kappa shape index (κ3) is 6.74. The summed E-state index contributed by atoms with van der Waals surface area (Å²) < 4.78 is 0. The normalized spacial score (nSPS) is 16.7. The zero-order valence-electron chi connectivity index (χ0n) is 25.9. The van der Waals surface area contributed by atoms with Crippen molar-refractivity contribution in [2.75, 3.05) is 0 Å². The van der Waals surface area contributed by atoms with Crippen molar-refractivity contribution in [1.29, 1.82) is 0 Å². The van der Waals surface area contributed by atoms with Gasteiger partial charge in [0.05, 0.1) is 18.1 Å². The van der Waals surface area contributed by atoms with Crippen molar-refractivity contribution in [1.82, 2.24) is 10.4 Å². The van der Waals surface area contributed by atoms with Crippen LogP contribution >= 0.6 is 6.89 Å². The van der Waals surface area contributed by atoms with Gasteiger partial charge < -0.3 is 15.3 Å². The first-order valence-corrected chi connectivity index (χ1v) is 17.1. The Morgan fingerprint density at radius 1 is 0.804 bits per heavy atom. The molecule has 46 heavy (non-hydrogen) atoms. The van der Waals surface area contributed by atoms with Crippen molar-refractivity contribution in [2.45, 2.75) is 45.4 Å². The number of benzene rings is 4. The van der Waals surface area contributed by atoms with Gasteiger partial charge in [0, 0.05) is 29.4 Å². The number of rotatable bonds is 11. The number of aliphatic hydroxyl groups is 1. The first kappa shape index (κ1) is 32.6. The summed E-state index contributed by atoms with van der Waals surface area (Å²) in [4.78, 5) is 58.8. The summed E-state index contributed by atoms with van der Waals surface area (Å²) in [5.41, 5.74) is 0.609. The minimum Gasteiger partial charge on any atom is -0.393 e. The molecular formula is C37H37N2O6P. The Hall–Kier alpha value is -4.78. The van der Waals surface area contributed by atoms with Gasteiger partial charge in [0.2, 0.25) is 0 Å². The zero-order chi connectivity index (χ0) is 32.8. The Balaban J connectivity index is 1.48. The molecule has 0 aliphatic carbocycles. The second-order valence-electron chi connectivity index (χ2n) is 11.6. The van der Waals surface area contributed by atoms with E-state index < -0.39 is 36.8 Å². The van der Waals surface area contributed by atoms with Crippen LogP contribution in [-0.2, 0) is 14.4 Å². The maximum absolute atomic E-state index is 13.9. The highest BCUT2D eigenvalue weighted by Gasteiger charge is 2.53. The maximum Gasteiger partial charge on any atom is 0.357 e. The van der Waals surface area contributed by atoms with Gasteiger partial charge in [-0.1, -0.05) is 103 Å². The van der Waals surface area contributed by atoms with E-state index in [-0.39, 0.29) is 29.7 Å². The van der Waals surface area contributed by atoms with E-state index in [0.29, 0.717) is 5.56 Å². The lowest BCUT2D eigenvalue weighted by Crippen LogP contribution is -2.65. The van der Waals surface area contributed by atoms with Crippen LogP contribution in [0.15, 0.2) is 115 Å². The largest absolute Gasteiger partial charge is 0.393 e. The molecule has 1 saturated heterocycles. The van der Waals surface area contributed by atoms with Crippen LogP contribution < -0.4 is 21.2 Å². The number of hydroxylamine groups is 2. The molecule has 2 amide bonds. The molecule has 0 bridgehead atoms. The smallest absolute Gasteiger partial charge is 0.357 e. The standard InChI is InChI=1S/C37H37N2O6P/c1-25(2)38-36(43)28-15-13-14-27(22-28)33(41)23-32-35(26(3)40)37(44)39(32)45-34(42)24-46(29-16-7-4-8-17-29,30-18-9-5-10-19-30)31-20-11-6-12-21-31/h4-22,24-26,32,35,40H,23H2,1-3H3,(H,38,43)/t26-,32-,35-/m1/s1. The van der Waals surface area contributed by atoms with Crippen molar-refractivity contribution in [3.63, 3.8) is 0 Å². The maximum atomic E-state index is 13.9. The van der Waals surface area contributed by atoms with E-state index in [1.165, 1.54) is 13.0 Å². The summed E-state index contributed by atoms with van der Waals surface area (Å²) in [6, 6.07) is 34.5. The summed E-state index contributed by atoms with van der Waals surface area (Å²) in [7, 11) is 0. The van der Waals surface area contributed by atoms with E-state index >= 15 is 0 Å². The van der Waals surface area contributed by atoms with Crippen LogP contribution in [0.3, 0.4) is 0 Å². The van der Waals surface area contributed by atoms with Crippen LogP contribution in [0, 0.1) is 5.92 Å². The van der Waals surface area contributed by atoms with E-state index in [1.807, 2.05) is 105 Å². The van der Waals surface area contributed by atoms with E-state index in [1.54, 1.807) is 24.0 Å². The van der Waals surface area contributed by atoms with Crippen LogP contribution in [0.4, 0.5) is 0 Å². The van der Waals surface area contributed by atoms with Gasteiger partial charge in [-0.3, -0.25) is 14.4 Å². The molecule has 1 heterocycles. The molecule has 0 aromatic heterocycles. The van der Waals surface area contributed by atoms with E-state index in [9.17, 15) is 24.3 Å². The zero-order valence-corrected chi connectivity index (χ0v) is 26.8. The van der Waals surface area contributed by atoms with Crippen molar-refractivity contribution in [3.8, 4) is 0 Å². The predicted octanol–water partition coefficient (Wildman–Crippen LogP) is 3.86. The van der Waals surface area contributed by atoms with E-state index in [0.717, 1.165) is 21.0 Å². The van der Waals surface area contributed by atoms with Crippen molar-refractivity contribution >= 4 is 52.2 Å². The number of hydrogen-bond donors (Lipinski definition) is 2. The Kier molecular flexibility index (Phi) is 10.0. The molecule has 0 radical (unpaired) electrons. The number of carbonyl (C=O) groups excluding carboxylic acids is 4. The Morgan fingerprint density at radius 2 is 1.30 bits per heavy atom. The second-order valence-corrected chi connectivity index (χ2v) is 14.9. The highest BCUT2D eigenvalue weighted by molar-refractivity contribution is 7.95. The molecule has 4 aromatic carbocycles. The summed E-state index contributed by atoms with van der Waals surface area (Å²) in [5.74, 6) is -1.35.